The van der Waals surface area contributed by atoms with Gasteiger partial charge in [0.15, 0.2) is 11.6 Å². The summed E-state index contributed by atoms with van der Waals surface area (Å²) in [5.74, 6) is -4.70. The van der Waals surface area contributed by atoms with E-state index < -0.39 is 29.4 Å². The molecular weight excluding hydrogens is 470 g/mol. The monoisotopic (exact) mass is 492 g/mol. The molecule has 4 rings (SSSR count). The number of halogens is 2. The number of pyridine rings is 1. The molecule has 1 heterocycles. The third-order valence-electron chi connectivity index (χ3n) is 5.26. The van der Waals surface area contributed by atoms with Crippen molar-refractivity contribution in [2.45, 2.75) is 13.5 Å². The van der Waals surface area contributed by atoms with Crippen LogP contribution in [-0.4, -0.2) is 23.2 Å². The first kappa shape index (κ1) is 24.6. The third-order valence-corrected chi connectivity index (χ3v) is 5.26. The minimum absolute atomic E-state index is 0.0204. The Morgan fingerprint density at radius 1 is 0.917 bits per heavy atom. The molecule has 36 heavy (non-hydrogen) atoms. The van der Waals surface area contributed by atoms with E-state index in [1.807, 2.05) is 30.3 Å². The number of carbonyl (C=O) groups is 1. The lowest BCUT2D eigenvalue weighted by Gasteiger charge is -2.14. The number of carboxylic acid groups (broad SMARTS) is 1. The van der Waals surface area contributed by atoms with Gasteiger partial charge < -0.3 is 25.1 Å². The van der Waals surface area contributed by atoms with Crippen molar-refractivity contribution in [2.75, 3.05) is 7.11 Å². The Labute approximate surface area is 205 Å². The maximum absolute atomic E-state index is 14.6. The molecular formula is C27H22F2N2O5. The molecule has 0 aliphatic rings. The zero-order valence-corrected chi connectivity index (χ0v) is 19.4. The number of methoxy groups -OCH3 is 1. The van der Waals surface area contributed by atoms with Gasteiger partial charge >= 0.3 is 5.97 Å². The summed E-state index contributed by atoms with van der Waals surface area (Å²) in [6, 6.07) is 17.9. The summed E-state index contributed by atoms with van der Waals surface area (Å²) in [6.45, 7) is 2.06. The zero-order chi connectivity index (χ0) is 25.8. The Morgan fingerprint density at radius 3 is 2.22 bits per heavy atom. The van der Waals surface area contributed by atoms with Crippen molar-refractivity contribution in [2.24, 2.45) is 5.73 Å². The fourth-order valence-electron chi connectivity index (χ4n) is 3.58. The molecule has 0 unspecified atom stereocenters. The van der Waals surface area contributed by atoms with E-state index in [9.17, 15) is 18.7 Å². The summed E-state index contributed by atoms with van der Waals surface area (Å²) in [4.78, 5) is 15.6. The average molecular weight is 492 g/mol. The van der Waals surface area contributed by atoms with Crippen LogP contribution in [0.25, 0.3) is 11.1 Å². The summed E-state index contributed by atoms with van der Waals surface area (Å²) < 4.78 is 45.3. The molecule has 0 saturated carbocycles. The maximum Gasteiger partial charge on any atom is 0.343 e. The summed E-state index contributed by atoms with van der Waals surface area (Å²) in [6.07, 6.45) is 0. The second kappa shape index (κ2) is 10.4. The van der Waals surface area contributed by atoms with Crippen LogP contribution in [0, 0.1) is 18.6 Å². The Morgan fingerprint density at radius 2 is 1.56 bits per heavy atom. The van der Waals surface area contributed by atoms with Crippen molar-refractivity contribution >= 4 is 5.97 Å². The fraction of sp³-hybridized carbons (Fsp3) is 0.111. The molecule has 0 aliphatic carbocycles. The number of carboxylic acids is 1. The number of aryl methyl sites for hydroxylation is 1. The topological polar surface area (TPSA) is 104 Å². The highest BCUT2D eigenvalue weighted by Gasteiger charge is 2.23. The van der Waals surface area contributed by atoms with E-state index in [-0.39, 0.29) is 22.8 Å². The molecule has 0 atom stereocenters. The zero-order valence-electron chi connectivity index (χ0n) is 19.4. The molecule has 3 aromatic carbocycles. The molecule has 0 bridgehead atoms. The molecule has 4 aromatic rings. The minimum atomic E-state index is -1.35. The van der Waals surface area contributed by atoms with Gasteiger partial charge in [0.05, 0.1) is 7.11 Å². The molecule has 0 saturated heterocycles. The second-order valence-corrected chi connectivity index (χ2v) is 7.84. The third kappa shape index (κ3) is 5.26. The second-order valence-electron chi connectivity index (χ2n) is 7.84. The van der Waals surface area contributed by atoms with E-state index in [0.29, 0.717) is 18.2 Å². The number of rotatable bonds is 8. The van der Waals surface area contributed by atoms with Crippen LogP contribution in [-0.2, 0) is 6.54 Å². The van der Waals surface area contributed by atoms with Gasteiger partial charge in [-0.3, -0.25) is 0 Å². The lowest BCUT2D eigenvalue weighted by molar-refractivity contribution is 0.0690. The number of hydrogen-bond donors (Lipinski definition) is 2. The van der Waals surface area contributed by atoms with E-state index in [1.54, 1.807) is 25.1 Å². The van der Waals surface area contributed by atoms with Gasteiger partial charge in [-0.15, -0.1) is 0 Å². The maximum atomic E-state index is 14.6. The van der Waals surface area contributed by atoms with Gasteiger partial charge in [0.1, 0.15) is 22.8 Å². The molecule has 0 fully saturated rings. The number of hydrogen-bond acceptors (Lipinski definition) is 6. The standard InChI is InChI=1S/C27H22F2N2O5/c1-15-9-22(34-2)24(27(32)33)23(10-15)36-26-21(29)13-20(28)25(31-26)35-19-8-4-7-18(12-19)17-6-3-5-16(11-17)14-30/h3-13H,14,30H2,1-2H3,(H,32,33). The van der Waals surface area contributed by atoms with E-state index in [2.05, 4.69) is 4.98 Å². The predicted molar refractivity (Wildman–Crippen MR) is 129 cm³/mol. The number of benzene rings is 3. The van der Waals surface area contributed by atoms with Gasteiger partial charge in [0.25, 0.3) is 11.8 Å². The van der Waals surface area contributed by atoms with Gasteiger partial charge in [-0.1, -0.05) is 30.3 Å². The van der Waals surface area contributed by atoms with Crippen LogP contribution in [0.2, 0.25) is 0 Å². The highest BCUT2D eigenvalue weighted by Crippen LogP contribution is 2.36. The lowest BCUT2D eigenvalue weighted by atomic mass is 10.0. The smallest absolute Gasteiger partial charge is 0.343 e. The van der Waals surface area contributed by atoms with Crippen LogP contribution in [0.5, 0.6) is 29.0 Å². The van der Waals surface area contributed by atoms with Crippen molar-refractivity contribution in [3.8, 4) is 40.1 Å². The van der Waals surface area contributed by atoms with Crippen molar-refractivity contribution in [3.63, 3.8) is 0 Å². The van der Waals surface area contributed by atoms with E-state index in [4.69, 9.17) is 19.9 Å². The SMILES string of the molecule is COc1cc(C)cc(Oc2nc(Oc3cccc(-c4cccc(CN)c4)c3)c(F)cc2F)c1C(=O)O. The van der Waals surface area contributed by atoms with Gasteiger partial charge in [0, 0.05) is 12.6 Å². The van der Waals surface area contributed by atoms with Gasteiger partial charge in [-0.2, -0.15) is 4.98 Å². The van der Waals surface area contributed by atoms with Gasteiger partial charge in [-0.05, 0) is 59.5 Å². The minimum Gasteiger partial charge on any atom is -0.496 e. The van der Waals surface area contributed by atoms with Crippen LogP contribution < -0.4 is 19.9 Å². The average Bonchev–Trinajstić information content (AvgIpc) is 2.86. The number of nitrogens with two attached hydrogens (primary N) is 1. The summed E-state index contributed by atoms with van der Waals surface area (Å²) in [7, 11) is 1.30. The molecule has 0 amide bonds. The highest BCUT2D eigenvalue weighted by molar-refractivity contribution is 5.94. The van der Waals surface area contributed by atoms with E-state index in [0.717, 1.165) is 16.7 Å². The largest absolute Gasteiger partial charge is 0.496 e. The Balaban J connectivity index is 1.68. The number of ether oxygens (including phenoxy) is 3. The van der Waals surface area contributed by atoms with Crippen molar-refractivity contribution in [3.05, 3.63) is 95.1 Å². The molecule has 0 radical (unpaired) electrons. The summed E-state index contributed by atoms with van der Waals surface area (Å²) >= 11 is 0. The van der Waals surface area contributed by atoms with Crippen LogP contribution in [0.15, 0.2) is 66.7 Å². The van der Waals surface area contributed by atoms with Crippen LogP contribution >= 0.6 is 0 Å². The first-order valence-corrected chi connectivity index (χ1v) is 10.8. The van der Waals surface area contributed by atoms with E-state index in [1.165, 1.54) is 19.2 Å². The van der Waals surface area contributed by atoms with Crippen molar-refractivity contribution in [1.82, 2.24) is 4.98 Å². The summed E-state index contributed by atoms with van der Waals surface area (Å²) in [5, 5.41) is 9.60. The molecule has 184 valence electrons. The lowest BCUT2D eigenvalue weighted by Crippen LogP contribution is -2.06. The number of aromatic carboxylic acids is 1. The molecule has 3 N–H and O–H groups in total. The fourth-order valence-corrected chi connectivity index (χ4v) is 3.58. The predicted octanol–water partition coefficient (Wildman–Crippen LogP) is 6.09. The Kier molecular flexibility index (Phi) is 7.12. The first-order chi connectivity index (χ1) is 17.3. The molecule has 0 aliphatic heterocycles. The quantitative estimate of drug-likeness (QED) is 0.307. The molecule has 0 spiro atoms. The summed E-state index contributed by atoms with van der Waals surface area (Å²) in [5.41, 5.74) is 8.61. The molecule has 7 nitrogen and oxygen atoms in total. The first-order valence-electron chi connectivity index (χ1n) is 10.8. The number of aromatic nitrogens is 1. The Bertz CT molecular complexity index is 1440. The highest BCUT2D eigenvalue weighted by atomic mass is 19.1. The van der Waals surface area contributed by atoms with Crippen LogP contribution in [0.4, 0.5) is 8.78 Å². The van der Waals surface area contributed by atoms with Gasteiger partial charge in [-0.25, -0.2) is 13.6 Å². The van der Waals surface area contributed by atoms with Gasteiger partial charge in [0.2, 0.25) is 0 Å². The van der Waals surface area contributed by atoms with Crippen molar-refractivity contribution < 1.29 is 32.9 Å². The molecule has 1 aromatic heterocycles. The molecule has 9 heteroatoms. The number of nitrogens with zero attached hydrogens (tertiary/aromatic N) is 1. The van der Waals surface area contributed by atoms with E-state index >= 15 is 0 Å². The Hall–Kier alpha value is -4.50. The van der Waals surface area contributed by atoms with Crippen LogP contribution in [0.1, 0.15) is 21.5 Å². The normalized spacial score (nSPS) is 10.7. The van der Waals surface area contributed by atoms with Crippen molar-refractivity contribution in [1.29, 1.82) is 0 Å². The van der Waals surface area contributed by atoms with Crippen LogP contribution in [0.3, 0.4) is 0 Å².